The van der Waals surface area contributed by atoms with E-state index in [1.54, 1.807) is 12.3 Å². The number of rotatable bonds is 9. The van der Waals surface area contributed by atoms with Crippen molar-refractivity contribution >= 4 is 22.7 Å². The molecular formula is C26H30F2N6O4. The van der Waals surface area contributed by atoms with Crippen molar-refractivity contribution in [1.29, 1.82) is 0 Å². The fourth-order valence-electron chi connectivity index (χ4n) is 4.61. The lowest BCUT2D eigenvalue weighted by Crippen LogP contribution is -2.53. The second-order valence-corrected chi connectivity index (χ2v) is 9.16. The molecule has 0 aliphatic carbocycles. The molecule has 0 amide bonds. The standard InChI is InChI=1S/C26H30F2N6O4/c1-4-20(35)30-15-6-9-38-13-17(15)32-26-29-12-14-10-16(31-25(24(14)33-26)34-7-5-8-34)21-22(27)18(36-2)11-19(37-3)23(21)28/h4,10-12,15,17,20,30,35H,1,5-9,13H2,2-3H3,(H,29,32,33)/t15?,17-,20?/m1/s1. The van der Waals surface area contributed by atoms with Crippen molar-refractivity contribution in [1.82, 2.24) is 20.3 Å². The quantitative estimate of drug-likeness (QED) is 0.283. The zero-order valence-corrected chi connectivity index (χ0v) is 21.2. The minimum Gasteiger partial charge on any atom is -0.494 e. The Balaban J connectivity index is 1.55. The first-order valence-corrected chi connectivity index (χ1v) is 12.4. The third kappa shape index (κ3) is 4.94. The van der Waals surface area contributed by atoms with Crippen molar-refractivity contribution in [2.45, 2.75) is 31.2 Å². The van der Waals surface area contributed by atoms with E-state index in [0.29, 0.717) is 42.3 Å². The molecule has 3 aromatic rings. The van der Waals surface area contributed by atoms with Crippen molar-refractivity contribution in [2.24, 2.45) is 0 Å². The zero-order chi connectivity index (χ0) is 26.8. The summed E-state index contributed by atoms with van der Waals surface area (Å²) in [5, 5.41) is 16.9. The van der Waals surface area contributed by atoms with Crippen molar-refractivity contribution < 1.29 is 28.1 Å². The van der Waals surface area contributed by atoms with Crippen LogP contribution in [0.5, 0.6) is 11.5 Å². The Hall–Kier alpha value is -3.61. The van der Waals surface area contributed by atoms with Gasteiger partial charge in [-0.1, -0.05) is 6.58 Å². The van der Waals surface area contributed by atoms with E-state index >= 15 is 8.78 Å². The minimum absolute atomic E-state index is 0.0827. The molecular weight excluding hydrogens is 498 g/mol. The maximum atomic E-state index is 15.3. The number of ether oxygens (including phenoxy) is 3. The van der Waals surface area contributed by atoms with Gasteiger partial charge in [0, 0.05) is 43.4 Å². The normalized spacial score (nSPS) is 20.1. The summed E-state index contributed by atoms with van der Waals surface area (Å²) in [6.45, 7) is 6.05. The van der Waals surface area contributed by atoms with Gasteiger partial charge in [-0.3, -0.25) is 5.32 Å². The molecule has 38 heavy (non-hydrogen) atoms. The number of halogens is 2. The van der Waals surface area contributed by atoms with E-state index in [9.17, 15) is 5.11 Å². The van der Waals surface area contributed by atoms with Gasteiger partial charge in [0.1, 0.15) is 11.7 Å². The molecule has 3 N–H and O–H groups in total. The maximum absolute atomic E-state index is 15.3. The average molecular weight is 529 g/mol. The number of aromatic nitrogens is 3. The van der Waals surface area contributed by atoms with Gasteiger partial charge < -0.3 is 29.5 Å². The predicted octanol–water partition coefficient (Wildman–Crippen LogP) is 2.86. The number of anilines is 2. The van der Waals surface area contributed by atoms with Gasteiger partial charge in [-0.15, -0.1) is 0 Å². The summed E-state index contributed by atoms with van der Waals surface area (Å²) >= 11 is 0. The molecule has 0 saturated carbocycles. The molecule has 2 aliphatic rings. The molecule has 2 aromatic heterocycles. The van der Waals surface area contributed by atoms with Gasteiger partial charge >= 0.3 is 0 Å². The summed E-state index contributed by atoms with van der Waals surface area (Å²) in [6, 6.07) is 2.41. The second kappa shape index (κ2) is 11.0. The molecule has 12 heteroatoms. The van der Waals surface area contributed by atoms with Crippen LogP contribution in [0.3, 0.4) is 0 Å². The van der Waals surface area contributed by atoms with Crippen LogP contribution in [0.4, 0.5) is 20.5 Å². The number of fused-ring (bicyclic) bond motifs is 1. The molecule has 0 radical (unpaired) electrons. The Labute approximate surface area is 218 Å². The van der Waals surface area contributed by atoms with E-state index in [1.807, 2.05) is 4.90 Å². The van der Waals surface area contributed by atoms with Gasteiger partial charge in [-0.25, -0.2) is 23.7 Å². The van der Waals surface area contributed by atoms with Crippen LogP contribution >= 0.6 is 0 Å². The lowest BCUT2D eigenvalue weighted by Gasteiger charge is -2.34. The fraction of sp³-hybridized carbons (Fsp3) is 0.423. The van der Waals surface area contributed by atoms with Crippen LogP contribution in [0.1, 0.15) is 12.8 Å². The van der Waals surface area contributed by atoms with Crippen LogP contribution in [-0.4, -0.2) is 78.9 Å². The number of aliphatic hydroxyl groups excluding tert-OH is 1. The van der Waals surface area contributed by atoms with Gasteiger partial charge in [0.05, 0.1) is 38.1 Å². The first-order chi connectivity index (χ1) is 18.4. The van der Waals surface area contributed by atoms with Gasteiger partial charge in [-0.05, 0) is 25.0 Å². The highest BCUT2D eigenvalue weighted by Gasteiger charge is 2.29. The highest BCUT2D eigenvalue weighted by atomic mass is 19.1. The summed E-state index contributed by atoms with van der Waals surface area (Å²) in [6.07, 6.45) is 3.82. The summed E-state index contributed by atoms with van der Waals surface area (Å²) in [7, 11) is 2.60. The molecule has 2 saturated heterocycles. The second-order valence-electron chi connectivity index (χ2n) is 9.16. The van der Waals surface area contributed by atoms with Crippen LogP contribution in [0.2, 0.25) is 0 Å². The van der Waals surface area contributed by atoms with Gasteiger partial charge in [0.15, 0.2) is 29.0 Å². The molecule has 1 aromatic carbocycles. The number of hydrogen-bond donors (Lipinski definition) is 3. The molecule has 0 bridgehead atoms. The van der Waals surface area contributed by atoms with Gasteiger partial charge in [-0.2, -0.15) is 0 Å². The minimum atomic E-state index is -0.871. The first-order valence-electron chi connectivity index (χ1n) is 12.4. The van der Waals surface area contributed by atoms with Crippen molar-refractivity contribution in [3.8, 4) is 22.8 Å². The monoisotopic (exact) mass is 528 g/mol. The Morgan fingerprint density at radius 3 is 2.53 bits per heavy atom. The molecule has 10 nitrogen and oxygen atoms in total. The van der Waals surface area contributed by atoms with Gasteiger partial charge in [0.2, 0.25) is 5.95 Å². The maximum Gasteiger partial charge on any atom is 0.223 e. The number of pyridine rings is 1. The Morgan fingerprint density at radius 1 is 1.16 bits per heavy atom. The third-order valence-electron chi connectivity index (χ3n) is 6.81. The Bertz CT molecular complexity index is 1310. The number of nitrogens with zero attached hydrogens (tertiary/aromatic N) is 4. The van der Waals surface area contributed by atoms with Crippen LogP contribution in [-0.2, 0) is 4.74 Å². The lowest BCUT2D eigenvalue weighted by molar-refractivity contribution is 0.0507. The number of aliphatic hydroxyl groups is 1. The largest absolute Gasteiger partial charge is 0.494 e. The number of methoxy groups -OCH3 is 2. The Kier molecular flexibility index (Phi) is 7.54. The van der Waals surface area contributed by atoms with E-state index < -0.39 is 17.9 Å². The number of benzene rings is 1. The van der Waals surface area contributed by atoms with Crippen LogP contribution < -0.4 is 25.0 Å². The predicted molar refractivity (Wildman–Crippen MR) is 139 cm³/mol. The summed E-state index contributed by atoms with van der Waals surface area (Å²) in [5.41, 5.74) is 0.286. The zero-order valence-electron chi connectivity index (χ0n) is 21.2. The van der Waals surface area contributed by atoms with E-state index in [-0.39, 0.29) is 34.8 Å². The van der Waals surface area contributed by atoms with Crippen molar-refractivity contribution in [2.75, 3.05) is 50.7 Å². The molecule has 0 spiro atoms. The molecule has 5 rings (SSSR count). The highest BCUT2D eigenvalue weighted by molar-refractivity contribution is 5.92. The molecule has 202 valence electrons. The molecule has 2 fully saturated rings. The Morgan fingerprint density at radius 2 is 1.89 bits per heavy atom. The SMILES string of the molecule is C=CC(O)NC1CCOC[C@H]1Nc1ncc2cc(-c3c(F)c(OC)cc(OC)c3F)nc(N3CCC3)c2n1. The smallest absolute Gasteiger partial charge is 0.223 e. The van der Waals surface area contributed by atoms with Crippen molar-refractivity contribution in [3.63, 3.8) is 0 Å². The first kappa shape index (κ1) is 26.0. The summed E-state index contributed by atoms with van der Waals surface area (Å²) in [4.78, 5) is 15.8. The van der Waals surface area contributed by atoms with E-state index in [0.717, 1.165) is 25.6 Å². The average Bonchev–Trinajstić information content (AvgIpc) is 2.89. The topological polar surface area (TPSA) is 114 Å². The van der Waals surface area contributed by atoms with E-state index in [2.05, 4.69) is 27.2 Å². The van der Waals surface area contributed by atoms with Crippen molar-refractivity contribution in [3.05, 3.63) is 42.6 Å². The summed E-state index contributed by atoms with van der Waals surface area (Å²) in [5.74, 6) is -1.19. The van der Waals surface area contributed by atoms with Crippen LogP contribution in [0, 0.1) is 11.6 Å². The lowest BCUT2D eigenvalue weighted by atomic mass is 10.0. The number of nitrogens with one attached hydrogen (secondary N) is 2. The molecule has 4 heterocycles. The van der Waals surface area contributed by atoms with Crippen LogP contribution in [0.15, 0.2) is 31.0 Å². The van der Waals surface area contributed by atoms with E-state index in [4.69, 9.17) is 19.2 Å². The van der Waals surface area contributed by atoms with Crippen LogP contribution in [0.25, 0.3) is 22.2 Å². The molecule has 3 atom stereocenters. The third-order valence-corrected chi connectivity index (χ3v) is 6.81. The number of hydrogen-bond acceptors (Lipinski definition) is 10. The molecule has 2 unspecified atom stereocenters. The summed E-state index contributed by atoms with van der Waals surface area (Å²) < 4.78 is 46.4. The highest BCUT2D eigenvalue weighted by Crippen LogP contribution is 2.39. The van der Waals surface area contributed by atoms with E-state index in [1.165, 1.54) is 20.3 Å². The molecule has 2 aliphatic heterocycles. The van der Waals surface area contributed by atoms with Gasteiger partial charge in [0.25, 0.3) is 0 Å². The fourth-order valence-corrected chi connectivity index (χ4v) is 4.61.